The summed E-state index contributed by atoms with van der Waals surface area (Å²) >= 11 is 0. The van der Waals surface area contributed by atoms with E-state index in [1.807, 2.05) is 32.0 Å². The number of carbonyl (C=O) groups excluding carboxylic acids is 1. The van der Waals surface area contributed by atoms with Gasteiger partial charge in [-0.05, 0) is 74.8 Å². The lowest BCUT2D eigenvalue weighted by Gasteiger charge is -2.24. The fraction of sp³-hybridized carbons (Fsp3) is 0.391. The fourth-order valence-corrected chi connectivity index (χ4v) is 4.88. The van der Waals surface area contributed by atoms with E-state index in [0.29, 0.717) is 23.5 Å². The number of fused-ring (bicyclic) bond motifs is 1. The third kappa shape index (κ3) is 2.88. The molecule has 3 aromatic rings. The second kappa shape index (κ2) is 7.23. The zero-order valence-corrected chi connectivity index (χ0v) is 17.2. The van der Waals surface area contributed by atoms with Crippen molar-refractivity contribution in [3.8, 4) is 5.69 Å². The van der Waals surface area contributed by atoms with Gasteiger partial charge in [-0.25, -0.2) is 4.63 Å². The molecule has 2 aromatic heterocycles. The summed E-state index contributed by atoms with van der Waals surface area (Å²) in [6, 6.07) is 7.73. The molecule has 1 aliphatic carbocycles. The molecule has 1 saturated heterocycles. The number of aromatic nitrogens is 3. The summed E-state index contributed by atoms with van der Waals surface area (Å²) < 4.78 is 6.49. The first-order valence-corrected chi connectivity index (χ1v) is 10.5. The molecule has 0 saturated carbocycles. The van der Waals surface area contributed by atoms with Crippen molar-refractivity contribution in [3.05, 3.63) is 74.5 Å². The first-order valence-electron chi connectivity index (χ1n) is 10.5. The highest BCUT2D eigenvalue weighted by Crippen LogP contribution is 2.33. The number of benzene rings is 1. The van der Waals surface area contributed by atoms with Gasteiger partial charge in [-0.2, -0.15) is 0 Å². The molecule has 7 heteroatoms. The number of pyridine rings is 1. The zero-order chi connectivity index (χ0) is 20.8. The Labute approximate surface area is 174 Å². The second-order valence-corrected chi connectivity index (χ2v) is 8.21. The molecule has 1 aromatic carbocycles. The molecule has 7 nitrogen and oxygen atoms in total. The summed E-state index contributed by atoms with van der Waals surface area (Å²) in [6.45, 7) is 4.23. The molecule has 0 N–H and O–H groups in total. The van der Waals surface area contributed by atoms with Crippen LogP contribution in [0.1, 0.15) is 63.7 Å². The van der Waals surface area contributed by atoms with Crippen LogP contribution in [0.5, 0.6) is 0 Å². The van der Waals surface area contributed by atoms with Gasteiger partial charge in [0.15, 0.2) is 0 Å². The topological polar surface area (TPSA) is 81.2 Å². The van der Waals surface area contributed by atoms with E-state index in [0.717, 1.165) is 37.8 Å². The average molecular weight is 404 g/mol. The normalized spacial score (nSPS) is 18.1. The van der Waals surface area contributed by atoms with Crippen LogP contribution in [0.15, 0.2) is 39.9 Å². The monoisotopic (exact) mass is 404 g/mol. The molecule has 1 amide bonds. The lowest BCUT2D eigenvalue weighted by Crippen LogP contribution is -2.37. The van der Waals surface area contributed by atoms with E-state index in [9.17, 15) is 9.59 Å². The van der Waals surface area contributed by atoms with Gasteiger partial charge in [-0.15, -0.1) is 0 Å². The molecule has 3 heterocycles. The van der Waals surface area contributed by atoms with Crippen molar-refractivity contribution in [1.82, 2.24) is 19.8 Å². The summed E-state index contributed by atoms with van der Waals surface area (Å²) in [6.07, 6.45) is 6.52. The molecule has 0 radical (unpaired) electrons. The lowest BCUT2D eigenvalue weighted by molar-refractivity contribution is 0.0727. The Kier molecular flexibility index (Phi) is 4.53. The van der Waals surface area contributed by atoms with E-state index in [1.165, 1.54) is 11.1 Å². The summed E-state index contributed by atoms with van der Waals surface area (Å²) in [5.41, 5.74) is 5.41. The van der Waals surface area contributed by atoms with Gasteiger partial charge in [0.05, 0.1) is 11.7 Å². The van der Waals surface area contributed by atoms with E-state index < -0.39 is 0 Å². The molecule has 1 fully saturated rings. The van der Waals surface area contributed by atoms with Gasteiger partial charge >= 0.3 is 0 Å². The minimum absolute atomic E-state index is 0.211. The number of rotatable bonds is 3. The van der Waals surface area contributed by atoms with Crippen molar-refractivity contribution in [2.45, 2.75) is 52.0 Å². The summed E-state index contributed by atoms with van der Waals surface area (Å²) in [7, 11) is 0. The Morgan fingerprint density at radius 2 is 2.00 bits per heavy atom. The molecule has 1 aliphatic heterocycles. The second-order valence-electron chi connectivity index (χ2n) is 8.21. The average Bonchev–Trinajstić information content (AvgIpc) is 3.47. The standard InChI is InChI=1S/C23H24N4O3/c1-14-11-13-27(18-9-4-7-16-6-3-8-17(16)18)23(29)20(14)22(28)26-12-5-10-19(26)21-15(2)24-30-25-21/h4,7,9,11,13,19H,3,5-6,8,10,12H2,1-2H3. The van der Waals surface area contributed by atoms with Crippen LogP contribution in [0.3, 0.4) is 0 Å². The number of carbonyl (C=O) groups is 1. The Balaban J connectivity index is 1.58. The van der Waals surface area contributed by atoms with Crippen LogP contribution in [0.25, 0.3) is 5.69 Å². The van der Waals surface area contributed by atoms with Crippen LogP contribution in [0, 0.1) is 13.8 Å². The lowest BCUT2D eigenvalue weighted by atomic mass is 10.1. The molecule has 1 unspecified atom stereocenters. The van der Waals surface area contributed by atoms with Crippen LogP contribution in [0.2, 0.25) is 0 Å². The highest BCUT2D eigenvalue weighted by atomic mass is 16.6. The van der Waals surface area contributed by atoms with Crippen molar-refractivity contribution < 1.29 is 9.42 Å². The van der Waals surface area contributed by atoms with Crippen molar-refractivity contribution in [2.24, 2.45) is 0 Å². The maximum absolute atomic E-state index is 13.6. The SMILES string of the molecule is Cc1ccn(-c2cccc3c2CCC3)c(=O)c1C(=O)N1CCCC1c1nonc1C. The molecule has 1 atom stereocenters. The largest absolute Gasteiger partial charge is 0.330 e. The number of hydrogen-bond donors (Lipinski definition) is 0. The zero-order valence-electron chi connectivity index (χ0n) is 17.2. The van der Waals surface area contributed by atoms with Gasteiger partial charge in [0.1, 0.15) is 17.0 Å². The maximum atomic E-state index is 13.6. The quantitative estimate of drug-likeness (QED) is 0.669. The van der Waals surface area contributed by atoms with E-state index in [1.54, 1.807) is 15.7 Å². The number of hydrogen-bond acceptors (Lipinski definition) is 5. The third-order valence-corrected chi connectivity index (χ3v) is 6.41. The van der Waals surface area contributed by atoms with Crippen LogP contribution in [-0.2, 0) is 12.8 Å². The summed E-state index contributed by atoms with van der Waals surface area (Å²) in [4.78, 5) is 28.8. The van der Waals surface area contributed by atoms with Gasteiger partial charge in [-0.3, -0.25) is 14.2 Å². The molecule has 154 valence electrons. The third-order valence-electron chi connectivity index (χ3n) is 6.41. The molecule has 30 heavy (non-hydrogen) atoms. The first-order chi connectivity index (χ1) is 14.6. The minimum atomic E-state index is -0.263. The number of nitrogens with zero attached hydrogens (tertiary/aromatic N) is 4. The van der Waals surface area contributed by atoms with Gasteiger partial charge < -0.3 is 4.90 Å². The van der Waals surface area contributed by atoms with Crippen molar-refractivity contribution in [1.29, 1.82) is 0 Å². The number of aryl methyl sites for hydroxylation is 3. The Hall–Kier alpha value is -3.22. The van der Waals surface area contributed by atoms with Crippen molar-refractivity contribution in [3.63, 3.8) is 0 Å². The summed E-state index contributed by atoms with van der Waals surface area (Å²) in [5, 5.41) is 7.87. The van der Waals surface area contributed by atoms with Crippen molar-refractivity contribution in [2.75, 3.05) is 6.54 Å². The molecule has 2 aliphatic rings. The molecule has 0 bridgehead atoms. The van der Waals surface area contributed by atoms with E-state index in [-0.39, 0.29) is 23.1 Å². The number of amides is 1. The van der Waals surface area contributed by atoms with E-state index in [4.69, 9.17) is 4.63 Å². The Morgan fingerprint density at radius 3 is 2.80 bits per heavy atom. The highest BCUT2D eigenvalue weighted by Gasteiger charge is 2.36. The molecule has 5 rings (SSSR count). The van der Waals surface area contributed by atoms with Crippen molar-refractivity contribution >= 4 is 5.91 Å². The number of likely N-dealkylation sites (tertiary alicyclic amines) is 1. The van der Waals surface area contributed by atoms with Gasteiger partial charge in [0, 0.05) is 12.7 Å². The highest BCUT2D eigenvalue weighted by molar-refractivity contribution is 5.95. The molecular weight excluding hydrogens is 380 g/mol. The van der Waals surface area contributed by atoms with Crippen LogP contribution in [0.4, 0.5) is 0 Å². The maximum Gasteiger partial charge on any atom is 0.268 e. The van der Waals surface area contributed by atoms with Crippen LogP contribution < -0.4 is 5.56 Å². The predicted molar refractivity (Wildman–Crippen MR) is 111 cm³/mol. The molecule has 0 spiro atoms. The predicted octanol–water partition coefficient (Wildman–Crippen LogP) is 3.30. The van der Waals surface area contributed by atoms with E-state index in [2.05, 4.69) is 16.4 Å². The minimum Gasteiger partial charge on any atom is -0.330 e. The smallest absolute Gasteiger partial charge is 0.268 e. The molecular formula is C23H24N4O3. The van der Waals surface area contributed by atoms with Crippen LogP contribution in [-0.4, -0.2) is 32.2 Å². The fourth-order valence-electron chi connectivity index (χ4n) is 4.88. The van der Waals surface area contributed by atoms with Crippen LogP contribution >= 0.6 is 0 Å². The van der Waals surface area contributed by atoms with Gasteiger partial charge in [0.2, 0.25) is 0 Å². The van der Waals surface area contributed by atoms with Gasteiger partial charge in [-0.1, -0.05) is 22.4 Å². The first kappa shape index (κ1) is 18.8. The summed E-state index contributed by atoms with van der Waals surface area (Å²) in [5.74, 6) is -0.246. The van der Waals surface area contributed by atoms with Gasteiger partial charge in [0.25, 0.3) is 11.5 Å². The Bertz CT molecular complexity index is 1190. The van der Waals surface area contributed by atoms with E-state index >= 15 is 0 Å². The Morgan fingerprint density at radius 1 is 1.13 bits per heavy atom.